The van der Waals surface area contributed by atoms with Crippen molar-refractivity contribution in [1.82, 2.24) is 0 Å². The lowest BCUT2D eigenvalue weighted by Gasteiger charge is -2.18. The zero-order valence-electron chi connectivity index (χ0n) is 9.64. The predicted molar refractivity (Wildman–Crippen MR) is 84.9 cm³/mol. The van der Waals surface area contributed by atoms with E-state index in [4.69, 9.17) is 5.73 Å². The number of halogens is 6. The predicted octanol–water partition coefficient (Wildman–Crippen LogP) is 6.10. The maximum Gasteiger partial charge on any atom is 0.416 e. The molecule has 0 aliphatic heterocycles. The maximum absolute atomic E-state index is 13.1. The fourth-order valence-corrected chi connectivity index (χ4v) is 5.07. The van der Waals surface area contributed by atoms with Gasteiger partial charge in [-0.1, -0.05) is 22.0 Å². The minimum atomic E-state index is -4.45. The lowest BCUT2D eigenvalue weighted by Crippen LogP contribution is -2.18. The van der Waals surface area contributed by atoms with Gasteiger partial charge in [0, 0.05) is 4.47 Å². The highest BCUT2D eigenvalue weighted by atomic mass is 79.9. The first kappa shape index (κ1) is 16.5. The molecule has 20 heavy (non-hydrogen) atoms. The number of nitrogens with two attached hydrogens (primary N) is 1. The van der Waals surface area contributed by atoms with Gasteiger partial charge in [0.15, 0.2) is 0 Å². The molecule has 0 bridgehead atoms. The Balaban J connectivity index is 2.55. The van der Waals surface area contributed by atoms with Crippen LogP contribution >= 0.6 is 59.1 Å². The fraction of sp³-hybridized carbons (Fsp3) is 0.167. The van der Waals surface area contributed by atoms with Gasteiger partial charge in [-0.05, 0) is 61.2 Å². The first-order valence-corrected chi connectivity index (χ1v) is 8.46. The third kappa shape index (κ3) is 3.47. The standard InChI is InChI=1S/C12H7Br3F3NS/c13-5-1-2-6(8(3-5)12(16,17)18)10(19)7-4-9(14)20-11(7)15/h1-4,10H,19H2. The Morgan fingerprint density at radius 3 is 2.20 bits per heavy atom. The second-order valence-electron chi connectivity index (χ2n) is 3.99. The van der Waals surface area contributed by atoms with Crippen LogP contribution in [0.25, 0.3) is 0 Å². The molecular formula is C12H7Br3F3NS. The van der Waals surface area contributed by atoms with Gasteiger partial charge in [0.25, 0.3) is 0 Å². The van der Waals surface area contributed by atoms with E-state index in [1.165, 1.54) is 17.4 Å². The number of hydrogen-bond donors (Lipinski definition) is 1. The summed E-state index contributed by atoms with van der Waals surface area (Å²) in [7, 11) is 0. The molecule has 1 aromatic carbocycles. The van der Waals surface area contributed by atoms with Crippen LogP contribution in [-0.2, 0) is 6.18 Å². The van der Waals surface area contributed by atoms with Crippen molar-refractivity contribution in [1.29, 1.82) is 0 Å². The fourth-order valence-electron chi connectivity index (χ4n) is 1.78. The summed E-state index contributed by atoms with van der Waals surface area (Å²) in [6.45, 7) is 0. The van der Waals surface area contributed by atoms with Gasteiger partial charge in [0.2, 0.25) is 0 Å². The summed E-state index contributed by atoms with van der Waals surface area (Å²) >= 11 is 11.0. The summed E-state index contributed by atoms with van der Waals surface area (Å²) in [6.07, 6.45) is -4.45. The zero-order chi connectivity index (χ0) is 15.1. The Morgan fingerprint density at radius 1 is 1.05 bits per heavy atom. The lowest BCUT2D eigenvalue weighted by atomic mass is 9.96. The van der Waals surface area contributed by atoms with E-state index in [1.807, 2.05) is 0 Å². The molecule has 8 heteroatoms. The molecule has 0 radical (unpaired) electrons. The van der Waals surface area contributed by atoms with Gasteiger partial charge in [0.1, 0.15) is 0 Å². The van der Waals surface area contributed by atoms with E-state index in [-0.39, 0.29) is 5.56 Å². The van der Waals surface area contributed by atoms with E-state index in [2.05, 4.69) is 47.8 Å². The molecule has 1 atom stereocenters. The van der Waals surface area contributed by atoms with E-state index >= 15 is 0 Å². The minimum absolute atomic E-state index is 0.0479. The van der Waals surface area contributed by atoms with Crippen molar-refractivity contribution in [2.24, 2.45) is 5.73 Å². The van der Waals surface area contributed by atoms with E-state index in [1.54, 1.807) is 12.1 Å². The van der Waals surface area contributed by atoms with Crippen LogP contribution in [0.5, 0.6) is 0 Å². The molecule has 108 valence electrons. The van der Waals surface area contributed by atoms with Crippen molar-refractivity contribution in [3.63, 3.8) is 0 Å². The number of thiophene rings is 1. The van der Waals surface area contributed by atoms with Gasteiger partial charge in [-0.25, -0.2) is 0 Å². The molecule has 0 aliphatic carbocycles. The number of alkyl halides is 3. The van der Waals surface area contributed by atoms with Crippen LogP contribution in [0.15, 0.2) is 36.3 Å². The largest absolute Gasteiger partial charge is 0.416 e. The van der Waals surface area contributed by atoms with Crippen LogP contribution in [0.2, 0.25) is 0 Å². The number of benzene rings is 1. The van der Waals surface area contributed by atoms with Crippen molar-refractivity contribution in [2.45, 2.75) is 12.2 Å². The monoisotopic (exact) mass is 491 g/mol. The summed E-state index contributed by atoms with van der Waals surface area (Å²) < 4.78 is 41.2. The highest BCUT2D eigenvalue weighted by molar-refractivity contribution is 9.12. The Hall–Kier alpha value is 0.110. The first-order valence-electron chi connectivity index (χ1n) is 5.27. The van der Waals surface area contributed by atoms with Crippen molar-refractivity contribution in [2.75, 3.05) is 0 Å². The number of rotatable bonds is 2. The molecule has 0 saturated carbocycles. The van der Waals surface area contributed by atoms with Gasteiger partial charge in [-0.2, -0.15) is 13.2 Å². The molecule has 1 nitrogen and oxygen atoms in total. The van der Waals surface area contributed by atoms with Gasteiger partial charge in [0.05, 0.1) is 19.2 Å². The van der Waals surface area contributed by atoms with Gasteiger partial charge >= 0.3 is 6.18 Å². The average molecular weight is 494 g/mol. The van der Waals surface area contributed by atoms with E-state index in [0.29, 0.717) is 13.8 Å². The summed E-state index contributed by atoms with van der Waals surface area (Å²) in [4.78, 5) is 0. The maximum atomic E-state index is 13.1. The molecule has 0 amide bonds. The summed E-state index contributed by atoms with van der Waals surface area (Å²) in [5.41, 5.74) is 5.96. The minimum Gasteiger partial charge on any atom is -0.320 e. The Labute approximate surface area is 142 Å². The molecule has 0 fully saturated rings. The average Bonchev–Trinajstić information content (AvgIpc) is 2.66. The van der Waals surface area contributed by atoms with Gasteiger partial charge < -0.3 is 5.73 Å². The van der Waals surface area contributed by atoms with Crippen LogP contribution in [0.1, 0.15) is 22.7 Å². The van der Waals surface area contributed by atoms with Crippen LogP contribution in [0.3, 0.4) is 0 Å². The Morgan fingerprint density at radius 2 is 1.70 bits per heavy atom. The van der Waals surface area contributed by atoms with Crippen LogP contribution in [0, 0.1) is 0 Å². The van der Waals surface area contributed by atoms with E-state index in [9.17, 15) is 13.2 Å². The Bertz CT molecular complexity index is 639. The SMILES string of the molecule is NC(c1ccc(Br)cc1C(F)(F)F)c1cc(Br)sc1Br. The molecule has 2 N–H and O–H groups in total. The van der Waals surface area contributed by atoms with Crippen molar-refractivity contribution in [3.05, 3.63) is 53.0 Å². The second-order valence-corrected chi connectivity index (χ2v) is 8.65. The molecule has 1 unspecified atom stereocenters. The van der Waals surface area contributed by atoms with E-state index < -0.39 is 17.8 Å². The molecule has 1 heterocycles. The smallest absolute Gasteiger partial charge is 0.320 e. The quantitative estimate of drug-likeness (QED) is 0.537. The molecule has 2 rings (SSSR count). The Kier molecular flexibility index (Phi) is 5.01. The summed E-state index contributed by atoms with van der Waals surface area (Å²) in [6, 6.07) is 4.87. The molecule has 0 saturated heterocycles. The van der Waals surface area contributed by atoms with Crippen LogP contribution < -0.4 is 5.73 Å². The van der Waals surface area contributed by atoms with Crippen molar-refractivity contribution < 1.29 is 13.2 Å². The van der Waals surface area contributed by atoms with Crippen LogP contribution in [0.4, 0.5) is 13.2 Å². The topological polar surface area (TPSA) is 26.0 Å². The molecule has 0 spiro atoms. The normalized spacial score (nSPS) is 13.6. The highest BCUT2D eigenvalue weighted by Crippen LogP contribution is 2.41. The van der Waals surface area contributed by atoms with Gasteiger partial charge in [-0.3, -0.25) is 0 Å². The lowest BCUT2D eigenvalue weighted by molar-refractivity contribution is -0.138. The summed E-state index contributed by atoms with van der Waals surface area (Å²) in [5.74, 6) is 0. The zero-order valence-corrected chi connectivity index (χ0v) is 15.2. The highest BCUT2D eigenvalue weighted by Gasteiger charge is 2.35. The molecular weight excluding hydrogens is 487 g/mol. The molecule has 0 aliphatic rings. The third-order valence-electron chi connectivity index (χ3n) is 2.67. The first-order chi connectivity index (χ1) is 9.20. The number of hydrogen-bond acceptors (Lipinski definition) is 2. The molecule has 1 aromatic heterocycles. The van der Waals surface area contributed by atoms with E-state index in [0.717, 1.165) is 9.85 Å². The van der Waals surface area contributed by atoms with Crippen molar-refractivity contribution in [3.8, 4) is 0 Å². The van der Waals surface area contributed by atoms with Gasteiger partial charge in [-0.15, -0.1) is 11.3 Å². The van der Waals surface area contributed by atoms with Crippen molar-refractivity contribution >= 4 is 59.1 Å². The summed E-state index contributed by atoms with van der Waals surface area (Å²) in [5, 5.41) is 0. The molecule has 2 aromatic rings. The second kappa shape index (κ2) is 6.08. The third-order valence-corrected chi connectivity index (χ3v) is 5.55. The van der Waals surface area contributed by atoms with Crippen LogP contribution in [-0.4, -0.2) is 0 Å².